The van der Waals surface area contributed by atoms with Gasteiger partial charge in [-0.2, -0.15) is 10.5 Å². The van der Waals surface area contributed by atoms with E-state index < -0.39 is 0 Å². The Morgan fingerprint density at radius 3 is 1.72 bits per heavy atom. The van der Waals surface area contributed by atoms with Crippen molar-refractivity contribution in [1.82, 2.24) is 9.13 Å². The molecule has 0 aliphatic heterocycles. The highest BCUT2D eigenvalue weighted by atomic mass is 16.3. The number of hydrogen-bond acceptors (Lipinski definition) is 4. The number of furan rings is 2. The Morgan fingerprint density at radius 1 is 0.540 bits per heavy atom. The predicted octanol–water partition coefficient (Wildman–Crippen LogP) is 11.2. The Balaban J connectivity index is 1.27. The lowest BCUT2D eigenvalue weighted by atomic mass is 10.0. The van der Waals surface area contributed by atoms with Gasteiger partial charge in [0.15, 0.2) is 11.2 Å². The van der Waals surface area contributed by atoms with Gasteiger partial charge in [0.25, 0.3) is 0 Å². The molecular formula is C44H24N4O2. The van der Waals surface area contributed by atoms with E-state index in [0.717, 1.165) is 101 Å². The van der Waals surface area contributed by atoms with Crippen LogP contribution in [0.15, 0.2) is 124 Å². The third-order valence-corrected chi connectivity index (χ3v) is 10.4. The van der Waals surface area contributed by atoms with Crippen LogP contribution in [0.2, 0.25) is 0 Å². The molecule has 0 amide bonds. The minimum atomic E-state index is 0.439. The summed E-state index contributed by atoms with van der Waals surface area (Å²) in [6.45, 7) is 0. The van der Waals surface area contributed by atoms with Gasteiger partial charge in [-0.3, -0.25) is 0 Å². The second-order valence-electron chi connectivity index (χ2n) is 13.0. The van der Waals surface area contributed by atoms with Gasteiger partial charge in [0.2, 0.25) is 0 Å². The number of rotatable bonds is 2. The minimum absolute atomic E-state index is 0.439. The molecule has 0 bridgehead atoms. The molecule has 6 aromatic carbocycles. The largest absolute Gasteiger partial charge is 0.458 e. The van der Waals surface area contributed by atoms with Crippen LogP contribution in [0, 0.1) is 22.7 Å². The molecule has 0 N–H and O–H groups in total. The zero-order valence-electron chi connectivity index (χ0n) is 26.6. The van der Waals surface area contributed by atoms with Gasteiger partial charge in [-0.05, 0) is 48.9 Å². The van der Waals surface area contributed by atoms with Crippen molar-refractivity contribution in [1.29, 1.82) is 10.5 Å². The highest BCUT2D eigenvalue weighted by Gasteiger charge is 2.25. The first-order valence-electron chi connectivity index (χ1n) is 16.7. The molecule has 0 saturated heterocycles. The first-order chi connectivity index (χ1) is 24.7. The lowest BCUT2D eigenvalue weighted by molar-refractivity contribution is 0.548. The van der Waals surface area contributed by atoms with Crippen molar-refractivity contribution in [3.63, 3.8) is 0 Å². The van der Waals surface area contributed by atoms with E-state index in [4.69, 9.17) is 8.83 Å². The molecule has 6 heteroatoms. The van der Waals surface area contributed by atoms with Gasteiger partial charge in [0, 0.05) is 49.7 Å². The molecule has 4 heterocycles. The Labute approximate surface area is 284 Å². The van der Waals surface area contributed by atoms with Gasteiger partial charge >= 0.3 is 0 Å². The topological polar surface area (TPSA) is 83.7 Å². The maximum absolute atomic E-state index is 10.9. The fourth-order valence-electron chi connectivity index (χ4n) is 8.31. The summed E-state index contributed by atoms with van der Waals surface area (Å²) in [4.78, 5) is 0. The van der Waals surface area contributed by atoms with Crippen LogP contribution in [0.5, 0.6) is 0 Å². The van der Waals surface area contributed by atoms with Gasteiger partial charge < -0.3 is 18.0 Å². The molecule has 11 rings (SSSR count). The molecule has 6 nitrogen and oxygen atoms in total. The fraction of sp³-hybridized carbons (Fsp3) is 0.0455. The number of para-hydroxylation sites is 3. The number of aromatic nitrogens is 2. The molecule has 10 aromatic rings. The van der Waals surface area contributed by atoms with Crippen molar-refractivity contribution in [2.75, 3.05) is 0 Å². The van der Waals surface area contributed by atoms with E-state index in [9.17, 15) is 10.5 Å². The van der Waals surface area contributed by atoms with E-state index >= 15 is 0 Å². The van der Waals surface area contributed by atoms with E-state index in [1.807, 2.05) is 54.6 Å². The molecule has 0 saturated carbocycles. The molecule has 0 fully saturated rings. The molecule has 0 radical (unpaired) electrons. The zero-order chi connectivity index (χ0) is 33.1. The number of aryl methyl sites for hydroxylation is 1. The number of nitrogens with zero attached hydrogens (tertiary/aromatic N) is 4. The highest BCUT2D eigenvalue weighted by Crippen LogP contribution is 2.44. The number of benzene rings is 6. The van der Waals surface area contributed by atoms with Crippen LogP contribution in [0.4, 0.5) is 0 Å². The summed E-state index contributed by atoms with van der Waals surface area (Å²) in [6, 6.07) is 41.7. The number of nitriles is 2. The van der Waals surface area contributed by atoms with Crippen molar-refractivity contribution in [3.05, 3.63) is 138 Å². The van der Waals surface area contributed by atoms with Crippen molar-refractivity contribution in [2.24, 2.45) is 0 Å². The first kappa shape index (κ1) is 27.0. The number of fused-ring (bicyclic) bond motifs is 14. The summed E-state index contributed by atoms with van der Waals surface area (Å²) in [7, 11) is 0. The maximum Gasteiger partial charge on any atom is 0.160 e. The fourth-order valence-corrected chi connectivity index (χ4v) is 8.31. The van der Waals surface area contributed by atoms with Crippen LogP contribution >= 0.6 is 0 Å². The predicted molar refractivity (Wildman–Crippen MR) is 199 cm³/mol. The summed E-state index contributed by atoms with van der Waals surface area (Å²) >= 11 is 0. The van der Waals surface area contributed by atoms with Crippen molar-refractivity contribution < 1.29 is 8.83 Å². The average Bonchev–Trinajstić information content (AvgIpc) is 3.92. The van der Waals surface area contributed by atoms with Crippen LogP contribution in [-0.2, 0) is 6.42 Å². The Morgan fingerprint density at radius 2 is 1.08 bits per heavy atom. The second-order valence-corrected chi connectivity index (χ2v) is 13.0. The van der Waals surface area contributed by atoms with Gasteiger partial charge in [-0.25, -0.2) is 0 Å². The van der Waals surface area contributed by atoms with E-state index in [-0.39, 0.29) is 0 Å². The average molecular weight is 641 g/mol. The van der Waals surface area contributed by atoms with Crippen LogP contribution in [-0.4, -0.2) is 9.13 Å². The van der Waals surface area contributed by atoms with Gasteiger partial charge in [0.1, 0.15) is 23.5 Å². The van der Waals surface area contributed by atoms with Gasteiger partial charge in [-0.1, -0.05) is 78.9 Å². The Bertz CT molecular complexity index is 3240. The Kier molecular flexibility index (Phi) is 5.27. The summed E-state index contributed by atoms with van der Waals surface area (Å²) in [5.74, 6) is 0.976. The molecule has 50 heavy (non-hydrogen) atoms. The Hall–Kier alpha value is -7.02. The molecule has 0 spiro atoms. The molecule has 4 aromatic heterocycles. The third-order valence-electron chi connectivity index (χ3n) is 10.4. The number of allylic oxidation sites excluding steroid dienone is 1. The lowest BCUT2D eigenvalue weighted by Gasteiger charge is -2.15. The minimum Gasteiger partial charge on any atom is -0.458 e. The van der Waals surface area contributed by atoms with E-state index in [1.54, 1.807) is 0 Å². The molecule has 232 valence electrons. The first-order valence-corrected chi connectivity index (χ1v) is 16.7. The zero-order valence-corrected chi connectivity index (χ0v) is 26.6. The van der Waals surface area contributed by atoms with Crippen LogP contribution < -0.4 is 0 Å². The summed E-state index contributed by atoms with van der Waals surface area (Å²) < 4.78 is 17.4. The molecule has 0 atom stereocenters. The van der Waals surface area contributed by atoms with Crippen molar-refractivity contribution in [3.8, 4) is 23.5 Å². The molecule has 1 aliphatic carbocycles. The lowest BCUT2D eigenvalue weighted by Crippen LogP contribution is -2.04. The van der Waals surface area contributed by atoms with E-state index in [1.165, 1.54) is 0 Å². The standard InChI is InChI=1S/C44H24N4O2/c45-23-25-22-38(48-36-14-6-2-10-28(36)32-18-20-34-30-12-4-8-16-40(30)50-44(34)42(32)48)26(24-46)21-37(25)47-35-13-5-1-9-27(35)31-17-19-33-29-11-3-7-15-39(29)49-43(33)41(31)47/h1-7,9-15,17-22H,8,16H2. The van der Waals surface area contributed by atoms with Crippen molar-refractivity contribution in [2.45, 2.75) is 12.8 Å². The van der Waals surface area contributed by atoms with Crippen LogP contribution in [0.3, 0.4) is 0 Å². The van der Waals surface area contributed by atoms with Crippen LogP contribution in [0.25, 0.3) is 94.0 Å². The highest BCUT2D eigenvalue weighted by molar-refractivity contribution is 6.22. The SMILES string of the molecule is N#Cc1cc(-n2c3ccccc3c3ccc4c5ccccc5oc4c32)c(C#N)cc1-n1c2ccccc2c2ccc3c4c(oc3c21)CCC=C4. The second kappa shape index (κ2) is 9.76. The third kappa shape index (κ3) is 3.39. The normalized spacial score (nSPS) is 12.9. The summed E-state index contributed by atoms with van der Waals surface area (Å²) in [6.07, 6.45) is 6.12. The van der Waals surface area contributed by atoms with E-state index in [0.29, 0.717) is 22.5 Å². The molecular weight excluding hydrogens is 617 g/mol. The molecule has 1 aliphatic rings. The monoisotopic (exact) mass is 640 g/mol. The van der Waals surface area contributed by atoms with Gasteiger partial charge in [-0.15, -0.1) is 0 Å². The molecule has 0 unspecified atom stereocenters. The van der Waals surface area contributed by atoms with Crippen molar-refractivity contribution >= 4 is 82.6 Å². The van der Waals surface area contributed by atoms with E-state index in [2.05, 4.69) is 88.0 Å². The maximum atomic E-state index is 10.9. The van der Waals surface area contributed by atoms with Crippen LogP contribution in [0.1, 0.15) is 28.9 Å². The smallest absolute Gasteiger partial charge is 0.160 e. The number of hydrogen-bond donors (Lipinski definition) is 0. The van der Waals surface area contributed by atoms with Gasteiger partial charge in [0.05, 0.1) is 44.6 Å². The summed E-state index contributed by atoms with van der Waals surface area (Å²) in [5, 5.41) is 29.0. The quantitative estimate of drug-likeness (QED) is 0.188. The summed E-state index contributed by atoms with van der Waals surface area (Å²) in [5.41, 5.74) is 9.19.